The maximum Gasteiger partial charge on any atom is 0.106 e. The zero-order valence-corrected chi connectivity index (χ0v) is 10.3. The van der Waals surface area contributed by atoms with E-state index in [9.17, 15) is 0 Å². The van der Waals surface area contributed by atoms with Crippen LogP contribution in [0.3, 0.4) is 0 Å². The molecule has 3 rings (SSSR count). The maximum atomic E-state index is 5.70. The summed E-state index contributed by atoms with van der Waals surface area (Å²) in [5.74, 6) is 1.03. The molecule has 1 aromatic heterocycles. The molecule has 0 unspecified atom stereocenters. The first-order valence-corrected chi connectivity index (χ1v) is 6.11. The van der Waals surface area contributed by atoms with Gasteiger partial charge in [0, 0.05) is 12.1 Å². The van der Waals surface area contributed by atoms with Crippen molar-refractivity contribution in [2.75, 3.05) is 5.73 Å². The van der Waals surface area contributed by atoms with Gasteiger partial charge in [-0.15, -0.1) is 0 Å². The van der Waals surface area contributed by atoms with Crippen LogP contribution >= 0.6 is 0 Å². The Labute approximate surface area is 106 Å². The third-order valence-corrected chi connectivity index (χ3v) is 3.11. The monoisotopic (exact) mass is 237 g/mol. The van der Waals surface area contributed by atoms with Crippen LogP contribution in [0.2, 0.25) is 0 Å². The van der Waals surface area contributed by atoms with E-state index in [1.54, 1.807) is 0 Å². The van der Waals surface area contributed by atoms with Crippen LogP contribution < -0.4 is 5.73 Å². The number of nitrogens with zero attached hydrogens (tertiary/aromatic N) is 1. The van der Waals surface area contributed by atoms with Crippen molar-refractivity contribution in [3.05, 3.63) is 48.3 Å². The molecule has 0 aliphatic carbocycles. The van der Waals surface area contributed by atoms with Gasteiger partial charge in [-0.3, -0.25) is 0 Å². The molecule has 0 aliphatic heterocycles. The van der Waals surface area contributed by atoms with Gasteiger partial charge in [-0.05, 0) is 35.4 Å². The average molecular weight is 237 g/mol. The molecular weight excluding hydrogens is 222 g/mol. The highest BCUT2D eigenvalue weighted by molar-refractivity contribution is 5.82. The van der Waals surface area contributed by atoms with Crippen LogP contribution in [-0.2, 0) is 6.42 Å². The first-order chi connectivity index (χ1) is 8.76. The molecule has 0 atom stereocenters. The molecule has 0 spiro atoms. The fraction of sp³-hybridized carbons (Fsp3) is 0.133. The summed E-state index contributed by atoms with van der Waals surface area (Å²) in [6.07, 6.45) is 0.923. The first-order valence-electron chi connectivity index (χ1n) is 6.11. The Bertz CT molecular complexity index is 681. The number of hydrogen-bond acceptors (Lipinski definition) is 2. The number of nitrogens with one attached hydrogen (secondary N) is 1. The summed E-state index contributed by atoms with van der Waals surface area (Å²) >= 11 is 0. The van der Waals surface area contributed by atoms with Crippen molar-refractivity contribution >= 4 is 16.7 Å². The lowest BCUT2D eigenvalue weighted by Gasteiger charge is -2.02. The van der Waals surface area contributed by atoms with Crippen molar-refractivity contribution in [2.45, 2.75) is 13.3 Å². The molecule has 90 valence electrons. The predicted octanol–water partition coefficient (Wildman–Crippen LogP) is 3.37. The largest absolute Gasteiger partial charge is 0.399 e. The molecule has 3 aromatic rings. The van der Waals surface area contributed by atoms with Crippen molar-refractivity contribution in [3.63, 3.8) is 0 Å². The molecular formula is C15H15N3. The minimum Gasteiger partial charge on any atom is -0.399 e. The molecule has 18 heavy (non-hydrogen) atoms. The molecule has 0 aliphatic rings. The van der Waals surface area contributed by atoms with Gasteiger partial charge in [-0.1, -0.05) is 25.1 Å². The molecule has 0 radical (unpaired) electrons. The number of nitrogen functional groups attached to an aromatic ring is 1. The summed E-state index contributed by atoms with van der Waals surface area (Å²) in [6, 6.07) is 14.2. The molecule has 3 nitrogen and oxygen atoms in total. The zero-order chi connectivity index (χ0) is 12.5. The highest BCUT2D eigenvalue weighted by atomic mass is 14.9. The summed E-state index contributed by atoms with van der Waals surface area (Å²) in [5, 5.41) is 0. The van der Waals surface area contributed by atoms with Crippen LogP contribution in [0.5, 0.6) is 0 Å². The number of imidazole rings is 1. The fourth-order valence-electron chi connectivity index (χ4n) is 2.09. The molecule has 1 heterocycles. The number of aromatic amines is 1. The minimum atomic E-state index is 0.787. The number of nitrogens with two attached hydrogens (primary N) is 1. The van der Waals surface area contributed by atoms with Crippen molar-refractivity contribution < 1.29 is 0 Å². The van der Waals surface area contributed by atoms with Gasteiger partial charge in [0.1, 0.15) is 5.82 Å². The van der Waals surface area contributed by atoms with E-state index < -0.39 is 0 Å². The van der Waals surface area contributed by atoms with Crippen LogP contribution in [0.25, 0.3) is 22.2 Å². The number of fused-ring (bicyclic) bond motifs is 1. The van der Waals surface area contributed by atoms with Crippen LogP contribution in [0, 0.1) is 0 Å². The second-order valence-electron chi connectivity index (χ2n) is 4.39. The SMILES string of the molecule is CCc1nc2ccc(-c3ccc(N)cc3)cc2[nH]1. The molecule has 0 saturated heterocycles. The quantitative estimate of drug-likeness (QED) is 0.671. The first kappa shape index (κ1) is 10.8. The van der Waals surface area contributed by atoms with Crippen molar-refractivity contribution in [1.29, 1.82) is 0 Å². The number of aromatic nitrogens is 2. The molecule has 0 fully saturated rings. The number of benzene rings is 2. The molecule has 3 heteroatoms. The fourth-order valence-corrected chi connectivity index (χ4v) is 2.09. The Kier molecular flexibility index (Phi) is 2.52. The van der Waals surface area contributed by atoms with Crippen molar-refractivity contribution in [3.8, 4) is 11.1 Å². The summed E-state index contributed by atoms with van der Waals surface area (Å²) in [5.41, 5.74) is 10.9. The van der Waals surface area contributed by atoms with E-state index in [0.717, 1.165) is 29.0 Å². The average Bonchev–Trinajstić information content (AvgIpc) is 2.81. The number of aryl methyl sites for hydroxylation is 1. The van der Waals surface area contributed by atoms with Crippen LogP contribution in [0.4, 0.5) is 5.69 Å². The van der Waals surface area contributed by atoms with E-state index in [1.807, 2.05) is 24.3 Å². The Morgan fingerprint density at radius 1 is 1.06 bits per heavy atom. The van der Waals surface area contributed by atoms with Gasteiger partial charge in [0.25, 0.3) is 0 Å². The minimum absolute atomic E-state index is 0.787. The maximum absolute atomic E-state index is 5.70. The van der Waals surface area contributed by atoms with E-state index in [2.05, 4.69) is 35.1 Å². The lowest BCUT2D eigenvalue weighted by Crippen LogP contribution is -1.84. The Hall–Kier alpha value is -2.29. The summed E-state index contributed by atoms with van der Waals surface area (Å²) < 4.78 is 0. The standard InChI is InChI=1S/C15H15N3/c1-2-15-17-13-8-5-11(9-14(13)18-15)10-3-6-12(16)7-4-10/h3-9H,2,16H2,1H3,(H,17,18). The Balaban J connectivity index is 2.09. The zero-order valence-electron chi connectivity index (χ0n) is 10.3. The topological polar surface area (TPSA) is 54.7 Å². The normalized spacial score (nSPS) is 10.9. The highest BCUT2D eigenvalue weighted by Crippen LogP contribution is 2.24. The van der Waals surface area contributed by atoms with Crippen molar-refractivity contribution in [1.82, 2.24) is 9.97 Å². The van der Waals surface area contributed by atoms with Gasteiger partial charge in [0.2, 0.25) is 0 Å². The third kappa shape index (κ3) is 1.84. The number of H-pyrrole nitrogens is 1. The van der Waals surface area contributed by atoms with E-state index in [0.29, 0.717) is 0 Å². The lowest BCUT2D eigenvalue weighted by atomic mass is 10.0. The van der Waals surface area contributed by atoms with Gasteiger partial charge in [-0.25, -0.2) is 4.98 Å². The summed E-state index contributed by atoms with van der Waals surface area (Å²) in [7, 11) is 0. The second kappa shape index (κ2) is 4.18. The molecule has 0 saturated carbocycles. The molecule has 0 bridgehead atoms. The molecule has 0 amide bonds. The lowest BCUT2D eigenvalue weighted by molar-refractivity contribution is 1.00. The highest BCUT2D eigenvalue weighted by Gasteiger charge is 2.03. The Morgan fingerprint density at radius 3 is 2.50 bits per heavy atom. The molecule has 3 N–H and O–H groups in total. The van der Waals surface area contributed by atoms with E-state index in [4.69, 9.17) is 5.73 Å². The van der Waals surface area contributed by atoms with E-state index >= 15 is 0 Å². The smallest absolute Gasteiger partial charge is 0.106 e. The summed E-state index contributed by atoms with van der Waals surface area (Å²) in [4.78, 5) is 7.84. The van der Waals surface area contributed by atoms with Crippen molar-refractivity contribution in [2.24, 2.45) is 0 Å². The van der Waals surface area contributed by atoms with Crippen LogP contribution in [0.15, 0.2) is 42.5 Å². The van der Waals surface area contributed by atoms with Crippen LogP contribution in [-0.4, -0.2) is 9.97 Å². The summed E-state index contributed by atoms with van der Waals surface area (Å²) in [6.45, 7) is 2.10. The number of rotatable bonds is 2. The predicted molar refractivity (Wildman–Crippen MR) is 75.3 cm³/mol. The second-order valence-corrected chi connectivity index (χ2v) is 4.39. The van der Waals surface area contributed by atoms with E-state index in [-0.39, 0.29) is 0 Å². The molecule has 2 aromatic carbocycles. The van der Waals surface area contributed by atoms with Gasteiger partial charge in [-0.2, -0.15) is 0 Å². The third-order valence-electron chi connectivity index (χ3n) is 3.11. The van der Waals surface area contributed by atoms with Gasteiger partial charge >= 0.3 is 0 Å². The van der Waals surface area contributed by atoms with Gasteiger partial charge < -0.3 is 10.7 Å². The van der Waals surface area contributed by atoms with Crippen LogP contribution in [0.1, 0.15) is 12.7 Å². The number of hydrogen-bond donors (Lipinski definition) is 2. The Morgan fingerprint density at radius 2 is 1.78 bits per heavy atom. The van der Waals surface area contributed by atoms with Gasteiger partial charge in [0.05, 0.1) is 11.0 Å². The number of anilines is 1. The van der Waals surface area contributed by atoms with E-state index in [1.165, 1.54) is 11.1 Å². The van der Waals surface area contributed by atoms with Gasteiger partial charge in [0.15, 0.2) is 0 Å².